The summed E-state index contributed by atoms with van der Waals surface area (Å²) in [6, 6.07) is 2.79. The fourth-order valence-corrected chi connectivity index (χ4v) is 1.39. The van der Waals surface area contributed by atoms with E-state index in [0.29, 0.717) is 10.8 Å². The molecule has 0 aliphatic rings. The van der Waals surface area contributed by atoms with E-state index < -0.39 is 6.03 Å². The molecule has 0 aromatic carbocycles. The van der Waals surface area contributed by atoms with Crippen LogP contribution in [0.5, 0.6) is 0 Å². The van der Waals surface area contributed by atoms with E-state index in [1.54, 1.807) is 12.1 Å². The number of anilines is 1. The summed E-state index contributed by atoms with van der Waals surface area (Å²) in [5.41, 5.74) is 5.90. The van der Waals surface area contributed by atoms with Crippen LogP contribution in [0.15, 0.2) is 18.3 Å². The Kier molecular flexibility index (Phi) is 3.30. The van der Waals surface area contributed by atoms with Crippen molar-refractivity contribution >= 4 is 23.3 Å². The van der Waals surface area contributed by atoms with Crippen molar-refractivity contribution in [2.75, 3.05) is 4.90 Å². The maximum absolute atomic E-state index is 11.1. The van der Waals surface area contributed by atoms with Crippen molar-refractivity contribution in [2.45, 2.75) is 19.9 Å². The Hall–Kier alpha value is -1.29. The Morgan fingerprint density at radius 2 is 2.29 bits per heavy atom. The first-order chi connectivity index (χ1) is 6.52. The van der Waals surface area contributed by atoms with Crippen molar-refractivity contribution in [1.82, 2.24) is 4.98 Å². The van der Waals surface area contributed by atoms with Gasteiger partial charge in [-0.05, 0) is 26.0 Å². The average molecular weight is 214 g/mol. The number of rotatable bonds is 2. The molecule has 0 bridgehead atoms. The molecule has 0 atom stereocenters. The molecule has 5 heteroatoms. The molecule has 76 valence electrons. The number of nitrogens with zero attached hydrogens (tertiary/aromatic N) is 2. The standard InChI is InChI=1S/C9H12ClN3O/c1-6(2)13(9(11)14)7-3-4-12-8(10)5-7/h3-6H,1-2H3,(H2,11,14). The minimum absolute atomic E-state index is 0.00836. The Morgan fingerprint density at radius 1 is 1.64 bits per heavy atom. The third-order valence-electron chi connectivity index (χ3n) is 1.74. The number of hydrogen-bond donors (Lipinski definition) is 1. The molecule has 0 spiro atoms. The maximum atomic E-state index is 11.1. The average Bonchev–Trinajstić information content (AvgIpc) is 2.02. The van der Waals surface area contributed by atoms with Crippen LogP contribution in [0.2, 0.25) is 5.15 Å². The molecule has 4 nitrogen and oxygen atoms in total. The van der Waals surface area contributed by atoms with Gasteiger partial charge in [-0.1, -0.05) is 11.6 Å². The molecule has 2 amide bonds. The van der Waals surface area contributed by atoms with Gasteiger partial charge in [0.1, 0.15) is 5.15 Å². The second-order valence-corrected chi connectivity index (χ2v) is 3.53. The van der Waals surface area contributed by atoms with Crippen LogP contribution in [0.4, 0.5) is 10.5 Å². The molecule has 0 aliphatic heterocycles. The highest BCUT2D eigenvalue weighted by Crippen LogP contribution is 2.19. The summed E-state index contributed by atoms with van der Waals surface area (Å²) in [6.45, 7) is 3.75. The fourth-order valence-electron chi connectivity index (χ4n) is 1.22. The molecule has 0 radical (unpaired) electrons. The highest BCUT2D eigenvalue weighted by atomic mass is 35.5. The molecular weight excluding hydrogens is 202 g/mol. The number of primary amides is 1. The summed E-state index contributed by atoms with van der Waals surface area (Å²) in [5.74, 6) is 0. The minimum atomic E-state index is -0.498. The topological polar surface area (TPSA) is 59.2 Å². The van der Waals surface area contributed by atoms with Gasteiger partial charge in [0, 0.05) is 12.2 Å². The molecule has 0 unspecified atom stereocenters. The first kappa shape index (κ1) is 10.8. The van der Waals surface area contributed by atoms with Crippen molar-refractivity contribution in [1.29, 1.82) is 0 Å². The van der Waals surface area contributed by atoms with E-state index in [-0.39, 0.29) is 6.04 Å². The number of carbonyl (C=O) groups is 1. The smallest absolute Gasteiger partial charge is 0.319 e. The zero-order chi connectivity index (χ0) is 10.7. The number of urea groups is 1. The molecule has 0 saturated heterocycles. The van der Waals surface area contributed by atoms with Crippen LogP contribution in [-0.2, 0) is 0 Å². The van der Waals surface area contributed by atoms with Gasteiger partial charge in [0.25, 0.3) is 0 Å². The molecule has 1 rings (SSSR count). The lowest BCUT2D eigenvalue weighted by Crippen LogP contribution is -2.40. The van der Waals surface area contributed by atoms with Crippen LogP contribution in [-0.4, -0.2) is 17.1 Å². The van der Waals surface area contributed by atoms with Gasteiger partial charge in [-0.15, -0.1) is 0 Å². The molecule has 0 fully saturated rings. The van der Waals surface area contributed by atoms with Crippen LogP contribution in [0.25, 0.3) is 0 Å². The number of pyridine rings is 1. The van der Waals surface area contributed by atoms with Crippen molar-refractivity contribution < 1.29 is 4.79 Å². The van der Waals surface area contributed by atoms with E-state index in [0.717, 1.165) is 0 Å². The third kappa shape index (κ3) is 2.35. The van der Waals surface area contributed by atoms with Gasteiger partial charge in [0.15, 0.2) is 0 Å². The van der Waals surface area contributed by atoms with Gasteiger partial charge in [-0.3, -0.25) is 4.90 Å². The predicted octanol–water partition coefficient (Wildman–Crippen LogP) is 2.03. The monoisotopic (exact) mass is 213 g/mol. The lowest BCUT2D eigenvalue weighted by molar-refractivity contribution is 0.252. The summed E-state index contributed by atoms with van der Waals surface area (Å²) >= 11 is 5.71. The van der Waals surface area contributed by atoms with Crippen LogP contribution in [0.3, 0.4) is 0 Å². The van der Waals surface area contributed by atoms with Crippen LogP contribution in [0, 0.1) is 0 Å². The largest absolute Gasteiger partial charge is 0.351 e. The number of halogens is 1. The quantitative estimate of drug-likeness (QED) is 0.765. The van der Waals surface area contributed by atoms with Crippen LogP contribution < -0.4 is 10.6 Å². The Morgan fingerprint density at radius 3 is 2.71 bits per heavy atom. The Labute approximate surface area is 87.7 Å². The zero-order valence-corrected chi connectivity index (χ0v) is 8.82. The van der Waals surface area contributed by atoms with E-state index in [2.05, 4.69) is 4.98 Å². The third-order valence-corrected chi connectivity index (χ3v) is 1.95. The molecular formula is C9H12ClN3O. The van der Waals surface area contributed by atoms with E-state index >= 15 is 0 Å². The fraction of sp³-hybridized carbons (Fsp3) is 0.333. The number of aromatic nitrogens is 1. The maximum Gasteiger partial charge on any atom is 0.319 e. The molecule has 1 aromatic rings. The second-order valence-electron chi connectivity index (χ2n) is 3.14. The molecule has 1 heterocycles. The van der Waals surface area contributed by atoms with Crippen LogP contribution in [0.1, 0.15) is 13.8 Å². The van der Waals surface area contributed by atoms with Gasteiger partial charge in [0.05, 0.1) is 5.69 Å². The van der Waals surface area contributed by atoms with Crippen LogP contribution >= 0.6 is 11.6 Å². The molecule has 0 saturated carbocycles. The van der Waals surface area contributed by atoms with Gasteiger partial charge in [0.2, 0.25) is 0 Å². The second kappa shape index (κ2) is 4.28. The summed E-state index contributed by atoms with van der Waals surface area (Å²) in [6.07, 6.45) is 1.54. The SMILES string of the molecule is CC(C)N(C(N)=O)c1ccnc(Cl)c1. The zero-order valence-electron chi connectivity index (χ0n) is 8.07. The first-order valence-electron chi connectivity index (χ1n) is 4.22. The molecule has 0 aliphatic carbocycles. The Balaban J connectivity index is 3.05. The summed E-state index contributed by atoms with van der Waals surface area (Å²) in [7, 11) is 0. The minimum Gasteiger partial charge on any atom is -0.351 e. The highest BCUT2D eigenvalue weighted by Gasteiger charge is 2.15. The molecule has 1 aromatic heterocycles. The van der Waals surface area contributed by atoms with Crippen molar-refractivity contribution in [3.8, 4) is 0 Å². The van der Waals surface area contributed by atoms with Gasteiger partial charge in [-0.25, -0.2) is 9.78 Å². The molecule has 2 N–H and O–H groups in total. The Bertz CT molecular complexity index is 341. The highest BCUT2D eigenvalue weighted by molar-refractivity contribution is 6.29. The summed E-state index contributed by atoms with van der Waals surface area (Å²) < 4.78 is 0. The summed E-state index contributed by atoms with van der Waals surface area (Å²) in [5, 5.41) is 0.342. The van der Waals surface area contributed by atoms with E-state index in [1.165, 1.54) is 11.1 Å². The number of hydrogen-bond acceptors (Lipinski definition) is 2. The van der Waals surface area contributed by atoms with Crippen molar-refractivity contribution in [2.24, 2.45) is 5.73 Å². The summed E-state index contributed by atoms with van der Waals surface area (Å²) in [4.78, 5) is 16.4. The molecule has 14 heavy (non-hydrogen) atoms. The van der Waals surface area contributed by atoms with Gasteiger partial charge in [-0.2, -0.15) is 0 Å². The number of nitrogens with two attached hydrogens (primary N) is 1. The predicted molar refractivity (Wildman–Crippen MR) is 56.4 cm³/mol. The lowest BCUT2D eigenvalue weighted by atomic mass is 10.3. The number of carbonyl (C=O) groups excluding carboxylic acids is 1. The van der Waals surface area contributed by atoms with E-state index in [4.69, 9.17) is 17.3 Å². The van der Waals surface area contributed by atoms with Gasteiger partial charge >= 0.3 is 6.03 Å². The van der Waals surface area contributed by atoms with E-state index in [9.17, 15) is 4.79 Å². The van der Waals surface area contributed by atoms with Crippen molar-refractivity contribution in [3.05, 3.63) is 23.5 Å². The normalized spacial score (nSPS) is 10.3. The number of amides is 2. The lowest BCUT2D eigenvalue weighted by Gasteiger charge is -2.24. The van der Waals surface area contributed by atoms with Gasteiger partial charge < -0.3 is 5.73 Å². The van der Waals surface area contributed by atoms with Crippen molar-refractivity contribution in [3.63, 3.8) is 0 Å². The first-order valence-corrected chi connectivity index (χ1v) is 4.60. The van der Waals surface area contributed by atoms with E-state index in [1.807, 2.05) is 13.8 Å².